The summed E-state index contributed by atoms with van der Waals surface area (Å²) in [5.41, 5.74) is 0.149. The van der Waals surface area contributed by atoms with E-state index in [0.717, 1.165) is 36.9 Å². The van der Waals surface area contributed by atoms with Gasteiger partial charge in [0.15, 0.2) is 16.8 Å². The van der Waals surface area contributed by atoms with Crippen LogP contribution in [0.15, 0.2) is 29.4 Å². The van der Waals surface area contributed by atoms with Crippen LogP contribution in [0.1, 0.15) is 24.8 Å². The summed E-state index contributed by atoms with van der Waals surface area (Å²) in [5.74, 6) is -1.42. The summed E-state index contributed by atoms with van der Waals surface area (Å²) < 4.78 is 52.6. The van der Waals surface area contributed by atoms with Crippen molar-refractivity contribution in [3.8, 4) is 0 Å². The van der Waals surface area contributed by atoms with Crippen LogP contribution in [0.5, 0.6) is 0 Å². The number of halogens is 2. The van der Waals surface area contributed by atoms with Gasteiger partial charge in [-0.2, -0.15) is 0 Å². The number of hydrogen-bond donors (Lipinski definition) is 3. The highest BCUT2D eigenvalue weighted by molar-refractivity contribution is 7.98. The topological polar surface area (TPSA) is 104 Å². The average molecular weight is 431 g/mol. The van der Waals surface area contributed by atoms with E-state index in [2.05, 4.69) is 20.0 Å². The van der Waals surface area contributed by atoms with Crippen LogP contribution in [0.4, 0.5) is 20.4 Å². The fourth-order valence-corrected chi connectivity index (χ4v) is 4.22. The minimum absolute atomic E-state index is 0.0506. The van der Waals surface area contributed by atoms with Crippen molar-refractivity contribution in [1.82, 2.24) is 9.97 Å². The van der Waals surface area contributed by atoms with Gasteiger partial charge >= 0.3 is 0 Å². The molecule has 0 aliphatic heterocycles. The molecule has 0 radical (unpaired) electrons. The maximum absolute atomic E-state index is 13.8. The molecule has 3 N–H and O–H groups in total. The van der Waals surface area contributed by atoms with Crippen molar-refractivity contribution in [1.29, 1.82) is 0 Å². The molecule has 3 rings (SSSR count). The Bertz CT molecular complexity index is 959. The summed E-state index contributed by atoms with van der Waals surface area (Å²) in [6, 6.07) is 5.13. The predicted octanol–water partition coefficient (Wildman–Crippen LogP) is 2.74. The van der Waals surface area contributed by atoms with Gasteiger partial charge in [-0.3, -0.25) is 4.72 Å². The number of anilines is 2. The lowest BCUT2D eigenvalue weighted by Crippen LogP contribution is -2.28. The standard InChI is InChI=1S/C17H20F2N4O3S2/c1-28(25,26)23-15-8-14(20-12-6-3-7-13(12)24)21-17(22-15)27-9-10-4-2-5-11(18)16(10)19/h2,4-5,8,12-13,24H,3,6-7,9H2,1H3,(H2,20,21,22,23)/t12-,13-/m0/s1. The number of benzene rings is 1. The van der Waals surface area contributed by atoms with Crippen LogP contribution < -0.4 is 10.0 Å². The molecule has 1 aliphatic carbocycles. The summed E-state index contributed by atoms with van der Waals surface area (Å²) in [7, 11) is -3.56. The Morgan fingerprint density at radius 2 is 2.00 bits per heavy atom. The first kappa shape index (κ1) is 20.7. The van der Waals surface area contributed by atoms with Crippen LogP contribution in [0.3, 0.4) is 0 Å². The number of rotatable bonds is 7. The van der Waals surface area contributed by atoms with E-state index in [1.165, 1.54) is 18.2 Å². The van der Waals surface area contributed by atoms with Crippen molar-refractivity contribution in [2.75, 3.05) is 16.3 Å². The first-order chi connectivity index (χ1) is 13.2. The summed E-state index contributed by atoms with van der Waals surface area (Å²) in [6.07, 6.45) is 2.80. The van der Waals surface area contributed by atoms with E-state index in [-0.39, 0.29) is 28.3 Å². The van der Waals surface area contributed by atoms with Gasteiger partial charge < -0.3 is 10.4 Å². The molecule has 0 bridgehead atoms. The van der Waals surface area contributed by atoms with Crippen LogP contribution in [-0.2, 0) is 15.8 Å². The highest BCUT2D eigenvalue weighted by Crippen LogP contribution is 2.27. The Labute approximate surface area is 166 Å². The van der Waals surface area contributed by atoms with E-state index < -0.39 is 27.8 Å². The largest absolute Gasteiger partial charge is 0.391 e. The predicted molar refractivity (Wildman–Crippen MR) is 104 cm³/mol. The summed E-state index contributed by atoms with van der Waals surface area (Å²) in [5, 5.41) is 13.3. The van der Waals surface area contributed by atoms with Gasteiger partial charge in [0.25, 0.3) is 0 Å². The van der Waals surface area contributed by atoms with Crippen LogP contribution in [0, 0.1) is 11.6 Å². The van der Waals surface area contributed by atoms with Crippen molar-refractivity contribution in [2.45, 2.75) is 42.3 Å². The highest BCUT2D eigenvalue weighted by atomic mass is 32.2. The molecule has 1 aromatic carbocycles. The zero-order valence-electron chi connectivity index (χ0n) is 15.0. The van der Waals surface area contributed by atoms with Gasteiger partial charge in [0.2, 0.25) is 10.0 Å². The number of sulfonamides is 1. The van der Waals surface area contributed by atoms with Crippen LogP contribution in [0.25, 0.3) is 0 Å². The van der Waals surface area contributed by atoms with Gasteiger partial charge in [0, 0.05) is 17.4 Å². The molecule has 1 aliphatic rings. The normalized spacial score (nSPS) is 19.6. The molecule has 0 spiro atoms. The summed E-state index contributed by atoms with van der Waals surface area (Å²) in [6.45, 7) is 0. The van der Waals surface area contributed by atoms with Gasteiger partial charge in [-0.05, 0) is 25.3 Å². The Balaban J connectivity index is 1.82. The van der Waals surface area contributed by atoms with E-state index in [4.69, 9.17) is 0 Å². The molecule has 7 nitrogen and oxygen atoms in total. The first-order valence-electron chi connectivity index (χ1n) is 8.58. The molecule has 1 heterocycles. The molecule has 11 heteroatoms. The molecule has 0 amide bonds. The smallest absolute Gasteiger partial charge is 0.230 e. The van der Waals surface area contributed by atoms with Gasteiger partial charge in [-0.15, -0.1) is 0 Å². The molecule has 28 heavy (non-hydrogen) atoms. The Morgan fingerprint density at radius 3 is 2.68 bits per heavy atom. The number of aliphatic hydroxyl groups is 1. The lowest BCUT2D eigenvalue weighted by molar-refractivity contribution is 0.171. The number of nitrogens with one attached hydrogen (secondary N) is 2. The minimum Gasteiger partial charge on any atom is -0.391 e. The van der Waals surface area contributed by atoms with E-state index in [1.54, 1.807) is 0 Å². The maximum Gasteiger partial charge on any atom is 0.230 e. The number of thioether (sulfide) groups is 1. The van der Waals surface area contributed by atoms with E-state index in [0.29, 0.717) is 12.2 Å². The van der Waals surface area contributed by atoms with E-state index in [9.17, 15) is 22.3 Å². The van der Waals surface area contributed by atoms with Gasteiger partial charge in [-0.25, -0.2) is 27.2 Å². The molecule has 152 valence electrons. The molecule has 1 saturated carbocycles. The third kappa shape index (κ3) is 5.52. The lowest BCUT2D eigenvalue weighted by Gasteiger charge is -2.18. The molecule has 0 saturated heterocycles. The van der Waals surface area contributed by atoms with E-state index in [1.807, 2.05) is 0 Å². The molecule has 2 aromatic rings. The second kappa shape index (κ2) is 8.58. The number of nitrogens with zero attached hydrogens (tertiary/aromatic N) is 2. The molecule has 2 atom stereocenters. The highest BCUT2D eigenvalue weighted by Gasteiger charge is 2.25. The SMILES string of the molecule is CS(=O)(=O)Nc1cc(N[C@H]2CCC[C@@H]2O)nc(SCc2cccc(F)c2F)n1. The molecule has 1 aromatic heterocycles. The number of aliphatic hydroxyl groups excluding tert-OH is 1. The van der Waals surface area contributed by atoms with Crippen LogP contribution in [-0.4, -0.2) is 41.9 Å². The van der Waals surface area contributed by atoms with Crippen molar-refractivity contribution < 1.29 is 22.3 Å². The Kier molecular flexibility index (Phi) is 6.36. The van der Waals surface area contributed by atoms with Crippen LogP contribution >= 0.6 is 11.8 Å². The Morgan fingerprint density at radius 1 is 1.25 bits per heavy atom. The monoisotopic (exact) mass is 430 g/mol. The fourth-order valence-electron chi connectivity index (χ4n) is 2.91. The summed E-state index contributed by atoms with van der Waals surface area (Å²) in [4.78, 5) is 8.43. The zero-order valence-corrected chi connectivity index (χ0v) is 16.7. The number of aromatic nitrogens is 2. The average Bonchev–Trinajstić information content (AvgIpc) is 2.99. The first-order valence-corrected chi connectivity index (χ1v) is 11.5. The third-order valence-electron chi connectivity index (χ3n) is 4.20. The van der Waals surface area contributed by atoms with Crippen molar-refractivity contribution in [3.05, 3.63) is 41.5 Å². The lowest BCUT2D eigenvalue weighted by atomic mass is 10.2. The molecule has 0 unspecified atom stereocenters. The second-order valence-electron chi connectivity index (χ2n) is 6.55. The zero-order chi connectivity index (χ0) is 20.3. The molecular formula is C17H20F2N4O3S2. The molecular weight excluding hydrogens is 410 g/mol. The van der Waals surface area contributed by atoms with Crippen molar-refractivity contribution >= 4 is 33.4 Å². The Hall–Kier alpha value is -1.98. The maximum atomic E-state index is 13.8. The molecule has 1 fully saturated rings. The quantitative estimate of drug-likeness (QED) is 0.458. The van der Waals surface area contributed by atoms with Crippen LogP contribution in [0.2, 0.25) is 0 Å². The number of hydrogen-bond acceptors (Lipinski definition) is 7. The van der Waals surface area contributed by atoms with Crippen molar-refractivity contribution in [2.24, 2.45) is 0 Å². The van der Waals surface area contributed by atoms with Gasteiger partial charge in [0.05, 0.1) is 18.4 Å². The second-order valence-corrected chi connectivity index (χ2v) is 9.24. The van der Waals surface area contributed by atoms with E-state index >= 15 is 0 Å². The van der Waals surface area contributed by atoms with Crippen molar-refractivity contribution in [3.63, 3.8) is 0 Å². The minimum atomic E-state index is -3.56. The fraction of sp³-hybridized carbons (Fsp3) is 0.412. The summed E-state index contributed by atoms with van der Waals surface area (Å²) >= 11 is 1.04. The van der Waals surface area contributed by atoms with Gasteiger partial charge in [0.1, 0.15) is 11.6 Å². The van der Waals surface area contributed by atoms with Gasteiger partial charge in [-0.1, -0.05) is 23.9 Å². The third-order valence-corrected chi connectivity index (χ3v) is 5.67.